The van der Waals surface area contributed by atoms with Crippen molar-refractivity contribution in [1.29, 1.82) is 0 Å². The van der Waals surface area contributed by atoms with E-state index in [4.69, 9.17) is 0 Å². The van der Waals surface area contributed by atoms with Crippen molar-refractivity contribution in [2.75, 3.05) is 7.11 Å². The van der Waals surface area contributed by atoms with Crippen LogP contribution >= 0.6 is 0 Å². The number of hydrogen-bond acceptors (Lipinski definition) is 4. The first-order valence-corrected chi connectivity index (χ1v) is 4.71. The van der Waals surface area contributed by atoms with Crippen molar-refractivity contribution < 1.29 is 9.53 Å². The van der Waals surface area contributed by atoms with Gasteiger partial charge in [-0.1, -0.05) is 6.42 Å². The van der Waals surface area contributed by atoms with E-state index in [1.54, 1.807) is 0 Å². The predicted octanol–water partition coefficient (Wildman–Crippen LogP) is 1.53. The summed E-state index contributed by atoms with van der Waals surface area (Å²) in [6, 6.07) is 0. The van der Waals surface area contributed by atoms with E-state index < -0.39 is 0 Å². The molecule has 1 aromatic rings. The number of hydrogen-bond donors (Lipinski definition) is 0. The lowest BCUT2D eigenvalue weighted by molar-refractivity contribution is 0.0597. The van der Waals surface area contributed by atoms with Gasteiger partial charge < -0.3 is 4.74 Å². The van der Waals surface area contributed by atoms with E-state index in [0.29, 0.717) is 11.5 Å². The molecule has 0 aliphatic heterocycles. The Kier molecular flexibility index (Phi) is 2.43. The molecule has 1 aliphatic rings. The molecule has 0 amide bonds. The summed E-state index contributed by atoms with van der Waals surface area (Å²) >= 11 is 0. The van der Waals surface area contributed by atoms with Gasteiger partial charge in [-0.05, 0) is 12.8 Å². The standard InChI is InChI=1S/C10H12N2O2/c1-14-10(13)8-5-11-6-12-9(8)7-3-2-4-7/h5-7H,2-4H2,1H3. The average molecular weight is 192 g/mol. The second kappa shape index (κ2) is 3.74. The Balaban J connectivity index is 2.32. The van der Waals surface area contributed by atoms with Crippen LogP contribution in [0.4, 0.5) is 0 Å². The number of carbonyl (C=O) groups is 1. The third-order valence-electron chi connectivity index (χ3n) is 2.64. The van der Waals surface area contributed by atoms with Crippen LogP contribution in [0.3, 0.4) is 0 Å². The maximum Gasteiger partial charge on any atom is 0.341 e. The van der Waals surface area contributed by atoms with Crippen LogP contribution in [0.25, 0.3) is 0 Å². The highest BCUT2D eigenvalue weighted by Gasteiger charge is 2.26. The van der Waals surface area contributed by atoms with Gasteiger partial charge >= 0.3 is 5.97 Å². The molecular formula is C10H12N2O2. The van der Waals surface area contributed by atoms with Gasteiger partial charge in [0.1, 0.15) is 6.33 Å². The van der Waals surface area contributed by atoms with E-state index in [9.17, 15) is 4.79 Å². The molecule has 0 saturated heterocycles. The summed E-state index contributed by atoms with van der Waals surface area (Å²) in [5, 5.41) is 0. The minimum absolute atomic E-state index is 0.340. The van der Waals surface area contributed by atoms with E-state index >= 15 is 0 Å². The van der Waals surface area contributed by atoms with Crippen molar-refractivity contribution >= 4 is 5.97 Å². The van der Waals surface area contributed by atoms with Crippen LogP contribution in [0.1, 0.15) is 41.2 Å². The fourth-order valence-corrected chi connectivity index (χ4v) is 1.61. The van der Waals surface area contributed by atoms with Gasteiger partial charge in [0.2, 0.25) is 0 Å². The zero-order valence-corrected chi connectivity index (χ0v) is 8.06. The Labute approximate surface area is 82.3 Å². The van der Waals surface area contributed by atoms with Gasteiger partial charge in [-0.3, -0.25) is 0 Å². The van der Waals surface area contributed by atoms with Crippen LogP contribution in [0.5, 0.6) is 0 Å². The number of aromatic nitrogens is 2. The molecule has 1 saturated carbocycles. The maximum atomic E-state index is 11.4. The highest BCUT2D eigenvalue weighted by molar-refractivity contribution is 5.90. The lowest BCUT2D eigenvalue weighted by Crippen LogP contribution is -2.16. The molecule has 2 rings (SSSR count). The van der Waals surface area contributed by atoms with Crippen molar-refractivity contribution in [1.82, 2.24) is 9.97 Å². The Morgan fingerprint density at radius 3 is 2.93 bits per heavy atom. The summed E-state index contributed by atoms with van der Waals surface area (Å²) in [7, 11) is 1.37. The van der Waals surface area contributed by atoms with Gasteiger partial charge in [0.05, 0.1) is 18.4 Å². The Morgan fingerprint density at radius 1 is 1.57 bits per heavy atom. The van der Waals surface area contributed by atoms with Crippen molar-refractivity contribution in [3.63, 3.8) is 0 Å². The topological polar surface area (TPSA) is 52.1 Å². The van der Waals surface area contributed by atoms with Crippen LogP contribution in [-0.2, 0) is 4.74 Å². The summed E-state index contributed by atoms with van der Waals surface area (Å²) in [5.74, 6) is 0.0830. The van der Waals surface area contributed by atoms with Crippen molar-refractivity contribution in [2.24, 2.45) is 0 Å². The molecule has 14 heavy (non-hydrogen) atoms. The van der Waals surface area contributed by atoms with Gasteiger partial charge in [-0.25, -0.2) is 14.8 Å². The first kappa shape index (κ1) is 9.12. The average Bonchev–Trinajstić information content (AvgIpc) is 2.15. The van der Waals surface area contributed by atoms with Gasteiger partial charge in [0, 0.05) is 12.1 Å². The molecule has 4 nitrogen and oxygen atoms in total. The van der Waals surface area contributed by atoms with Crippen LogP contribution in [0.15, 0.2) is 12.5 Å². The van der Waals surface area contributed by atoms with E-state index in [1.165, 1.54) is 26.1 Å². The largest absolute Gasteiger partial charge is 0.465 e. The normalized spacial score (nSPS) is 16.1. The molecule has 0 aromatic carbocycles. The number of rotatable bonds is 2. The Morgan fingerprint density at radius 2 is 2.36 bits per heavy atom. The molecule has 0 unspecified atom stereocenters. The lowest BCUT2D eigenvalue weighted by atomic mass is 9.81. The summed E-state index contributed by atoms with van der Waals surface area (Å²) in [6.07, 6.45) is 6.46. The molecule has 0 N–H and O–H groups in total. The molecule has 1 heterocycles. The number of nitrogens with zero attached hydrogens (tertiary/aromatic N) is 2. The molecular weight excluding hydrogens is 180 g/mol. The van der Waals surface area contributed by atoms with Crippen LogP contribution < -0.4 is 0 Å². The molecule has 0 radical (unpaired) electrons. The minimum Gasteiger partial charge on any atom is -0.465 e. The molecule has 1 fully saturated rings. The van der Waals surface area contributed by atoms with Crippen LogP contribution in [0, 0.1) is 0 Å². The predicted molar refractivity (Wildman–Crippen MR) is 50.0 cm³/mol. The van der Waals surface area contributed by atoms with E-state index in [0.717, 1.165) is 18.5 Å². The van der Waals surface area contributed by atoms with Crippen molar-refractivity contribution in [3.05, 3.63) is 23.8 Å². The number of methoxy groups -OCH3 is 1. The molecule has 0 atom stereocenters. The highest BCUT2D eigenvalue weighted by Crippen LogP contribution is 2.36. The van der Waals surface area contributed by atoms with Gasteiger partial charge in [-0.2, -0.15) is 0 Å². The fraction of sp³-hybridized carbons (Fsp3) is 0.500. The highest BCUT2D eigenvalue weighted by atomic mass is 16.5. The van der Waals surface area contributed by atoms with E-state index in [1.807, 2.05) is 0 Å². The zero-order chi connectivity index (χ0) is 9.97. The van der Waals surface area contributed by atoms with Gasteiger partial charge in [-0.15, -0.1) is 0 Å². The third kappa shape index (κ3) is 1.47. The van der Waals surface area contributed by atoms with E-state index in [2.05, 4.69) is 14.7 Å². The lowest BCUT2D eigenvalue weighted by Gasteiger charge is -2.25. The van der Waals surface area contributed by atoms with Gasteiger partial charge in [0.15, 0.2) is 0 Å². The maximum absolute atomic E-state index is 11.4. The first-order chi connectivity index (χ1) is 6.83. The first-order valence-electron chi connectivity index (χ1n) is 4.71. The summed E-state index contributed by atoms with van der Waals surface area (Å²) in [4.78, 5) is 19.4. The molecule has 0 bridgehead atoms. The second-order valence-electron chi connectivity index (χ2n) is 3.44. The fourth-order valence-electron chi connectivity index (χ4n) is 1.61. The smallest absolute Gasteiger partial charge is 0.341 e. The Bertz CT molecular complexity index is 348. The Hall–Kier alpha value is -1.45. The summed E-state index contributed by atoms with van der Waals surface area (Å²) in [5.41, 5.74) is 1.36. The summed E-state index contributed by atoms with van der Waals surface area (Å²) in [6.45, 7) is 0. The summed E-state index contributed by atoms with van der Waals surface area (Å²) < 4.78 is 4.68. The molecule has 1 aromatic heterocycles. The monoisotopic (exact) mass is 192 g/mol. The van der Waals surface area contributed by atoms with Crippen molar-refractivity contribution in [3.8, 4) is 0 Å². The minimum atomic E-state index is -0.340. The second-order valence-corrected chi connectivity index (χ2v) is 3.44. The van der Waals surface area contributed by atoms with Crippen LogP contribution in [-0.4, -0.2) is 23.0 Å². The van der Waals surface area contributed by atoms with Crippen molar-refractivity contribution in [2.45, 2.75) is 25.2 Å². The molecule has 1 aliphatic carbocycles. The number of esters is 1. The number of ether oxygens (including phenoxy) is 1. The van der Waals surface area contributed by atoms with E-state index in [-0.39, 0.29) is 5.97 Å². The van der Waals surface area contributed by atoms with Crippen LogP contribution in [0.2, 0.25) is 0 Å². The number of carbonyl (C=O) groups excluding carboxylic acids is 1. The zero-order valence-electron chi connectivity index (χ0n) is 8.06. The van der Waals surface area contributed by atoms with Gasteiger partial charge in [0.25, 0.3) is 0 Å². The quantitative estimate of drug-likeness (QED) is 0.667. The third-order valence-corrected chi connectivity index (χ3v) is 2.64. The molecule has 0 spiro atoms. The SMILES string of the molecule is COC(=O)c1cncnc1C1CCC1. The molecule has 4 heteroatoms. The molecule has 74 valence electrons.